The number of nitrogen functional groups attached to an aromatic ring is 1. The van der Waals surface area contributed by atoms with Crippen molar-refractivity contribution in [2.24, 2.45) is 0 Å². The van der Waals surface area contributed by atoms with Gasteiger partial charge < -0.3 is 15.5 Å². The van der Waals surface area contributed by atoms with Gasteiger partial charge in [-0.3, -0.25) is 0 Å². The topological polar surface area (TPSA) is 76.8 Å². The van der Waals surface area contributed by atoms with Gasteiger partial charge in [-0.25, -0.2) is 9.97 Å². The summed E-state index contributed by atoms with van der Waals surface area (Å²) in [6.45, 7) is 0. The summed E-state index contributed by atoms with van der Waals surface area (Å²) in [5.74, 6) is 1.08. The number of methoxy groups -OCH3 is 1. The van der Waals surface area contributed by atoms with E-state index < -0.39 is 0 Å². The Morgan fingerprint density at radius 2 is 2.16 bits per heavy atom. The molecule has 0 saturated carbocycles. The van der Waals surface area contributed by atoms with Crippen molar-refractivity contribution < 1.29 is 4.74 Å². The fourth-order valence-electron chi connectivity index (χ4n) is 2.01. The van der Waals surface area contributed by atoms with E-state index in [0.717, 1.165) is 22.2 Å². The van der Waals surface area contributed by atoms with Gasteiger partial charge in [0.1, 0.15) is 22.4 Å². The number of H-pyrrole nitrogens is 1. The Hall–Kier alpha value is -2.27. The van der Waals surface area contributed by atoms with Gasteiger partial charge in [-0.05, 0) is 23.8 Å². The molecular formula is C13H11ClN4O. The van der Waals surface area contributed by atoms with Crippen molar-refractivity contribution in [3.8, 4) is 16.9 Å². The summed E-state index contributed by atoms with van der Waals surface area (Å²) in [4.78, 5) is 11.3. The van der Waals surface area contributed by atoms with E-state index in [4.69, 9.17) is 22.1 Å². The molecule has 0 fully saturated rings. The summed E-state index contributed by atoms with van der Waals surface area (Å²) in [6, 6.07) is 5.45. The quantitative estimate of drug-likeness (QED) is 0.705. The van der Waals surface area contributed by atoms with E-state index in [-0.39, 0.29) is 0 Å². The number of anilines is 1. The summed E-state index contributed by atoms with van der Waals surface area (Å²) in [6.07, 6.45) is 3.53. The molecule has 0 saturated heterocycles. The molecule has 3 heterocycles. The molecule has 5 nitrogen and oxygen atoms in total. The lowest BCUT2D eigenvalue weighted by atomic mass is 10.1. The van der Waals surface area contributed by atoms with Crippen LogP contribution in [0.2, 0.25) is 5.15 Å². The highest BCUT2D eigenvalue weighted by molar-refractivity contribution is 6.29. The van der Waals surface area contributed by atoms with Crippen LogP contribution in [0, 0.1) is 0 Å². The maximum Gasteiger partial charge on any atom is 0.138 e. The van der Waals surface area contributed by atoms with Crippen molar-refractivity contribution in [3.05, 3.63) is 35.7 Å². The van der Waals surface area contributed by atoms with E-state index in [9.17, 15) is 0 Å². The highest BCUT2D eigenvalue weighted by atomic mass is 35.5. The normalized spacial score (nSPS) is 10.8. The molecule has 19 heavy (non-hydrogen) atoms. The first-order valence-electron chi connectivity index (χ1n) is 5.62. The maximum atomic E-state index is 5.94. The van der Waals surface area contributed by atoms with E-state index >= 15 is 0 Å². The fourth-order valence-corrected chi connectivity index (χ4v) is 2.22. The second kappa shape index (κ2) is 4.44. The van der Waals surface area contributed by atoms with Crippen LogP contribution < -0.4 is 10.5 Å². The molecule has 3 aromatic rings. The van der Waals surface area contributed by atoms with Crippen molar-refractivity contribution in [2.75, 3.05) is 12.8 Å². The van der Waals surface area contributed by atoms with Crippen LogP contribution in [0.15, 0.2) is 30.6 Å². The number of aromatic nitrogens is 3. The zero-order valence-corrected chi connectivity index (χ0v) is 10.9. The molecule has 0 amide bonds. The molecule has 0 radical (unpaired) electrons. The van der Waals surface area contributed by atoms with Gasteiger partial charge in [-0.1, -0.05) is 11.6 Å². The number of pyridine rings is 2. The molecule has 0 unspecified atom stereocenters. The van der Waals surface area contributed by atoms with Crippen LogP contribution in [0.3, 0.4) is 0 Å². The van der Waals surface area contributed by atoms with Gasteiger partial charge >= 0.3 is 0 Å². The molecule has 0 bridgehead atoms. The van der Waals surface area contributed by atoms with Gasteiger partial charge in [-0.2, -0.15) is 0 Å². The van der Waals surface area contributed by atoms with E-state index in [0.29, 0.717) is 16.7 Å². The Morgan fingerprint density at radius 1 is 1.32 bits per heavy atom. The summed E-state index contributed by atoms with van der Waals surface area (Å²) in [7, 11) is 1.61. The smallest absolute Gasteiger partial charge is 0.138 e. The highest BCUT2D eigenvalue weighted by Gasteiger charge is 2.10. The first-order valence-corrected chi connectivity index (χ1v) is 6.00. The SMILES string of the molecule is COc1cnc2[nH]cc(-c3cc(N)nc(Cl)c3)c2c1. The summed E-state index contributed by atoms with van der Waals surface area (Å²) < 4.78 is 5.19. The molecule has 0 aliphatic carbocycles. The average molecular weight is 275 g/mol. The standard InChI is InChI=1S/C13H11ClN4O/c1-19-8-4-9-10(6-17-13(9)16-5-8)7-2-11(14)18-12(15)3-7/h2-6H,1H3,(H2,15,18)(H,16,17). The van der Waals surface area contributed by atoms with Crippen LogP contribution in [0.25, 0.3) is 22.2 Å². The minimum Gasteiger partial charge on any atom is -0.495 e. The minimum absolute atomic E-state index is 0.361. The number of ether oxygens (including phenoxy) is 1. The second-order valence-electron chi connectivity index (χ2n) is 4.08. The van der Waals surface area contributed by atoms with Crippen LogP contribution >= 0.6 is 11.6 Å². The third-order valence-electron chi connectivity index (χ3n) is 2.87. The van der Waals surface area contributed by atoms with Crippen molar-refractivity contribution in [2.45, 2.75) is 0 Å². The largest absolute Gasteiger partial charge is 0.495 e. The predicted molar refractivity (Wildman–Crippen MR) is 75.3 cm³/mol. The second-order valence-corrected chi connectivity index (χ2v) is 4.46. The molecule has 0 aliphatic heterocycles. The van der Waals surface area contributed by atoms with Gasteiger partial charge in [0, 0.05) is 17.1 Å². The first-order chi connectivity index (χ1) is 9.17. The van der Waals surface area contributed by atoms with Crippen molar-refractivity contribution in [3.63, 3.8) is 0 Å². The van der Waals surface area contributed by atoms with E-state index in [2.05, 4.69) is 15.0 Å². The molecule has 96 valence electrons. The van der Waals surface area contributed by atoms with Crippen molar-refractivity contribution in [1.82, 2.24) is 15.0 Å². The molecular weight excluding hydrogens is 264 g/mol. The van der Waals surface area contributed by atoms with Crippen LogP contribution in [0.5, 0.6) is 5.75 Å². The number of nitrogens with two attached hydrogens (primary N) is 1. The van der Waals surface area contributed by atoms with Gasteiger partial charge in [0.15, 0.2) is 0 Å². The van der Waals surface area contributed by atoms with Crippen LogP contribution in [0.4, 0.5) is 5.82 Å². The Kier molecular flexibility index (Phi) is 2.76. The van der Waals surface area contributed by atoms with E-state index in [1.54, 1.807) is 25.4 Å². The lowest BCUT2D eigenvalue weighted by Crippen LogP contribution is -1.91. The first kappa shape index (κ1) is 11.8. The Balaban J connectivity index is 2.24. The number of hydrogen-bond donors (Lipinski definition) is 2. The van der Waals surface area contributed by atoms with Gasteiger partial charge in [0.25, 0.3) is 0 Å². The summed E-state index contributed by atoms with van der Waals surface area (Å²) in [5, 5.41) is 1.31. The van der Waals surface area contributed by atoms with Gasteiger partial charge in [-0.15, -0.1) is 0 Å². The lowest BCUT2D eigenvalue weighted by Gasteiger charge is -2.03. The molecule has 0 aliphatic rings. The highest BCUT2D eigenvalue weighted by Crippen LogP contribution is 2.31. The van der Waals surface area contributed by atoms with Crippen molar-refractivity contribution >= 4 is 28.5 Å². The molecule has 0 spiro atoms. The summed E-state index contributed by atoms with van der Waals surface area (Å²) >= 11 is 5.94. The van der Waals surface area contributed by atoms with Crippen molar-refractivity contribution in [1.29, 1.82) is 0 Å². The zero-order chi connectivity index (χ0) is 13.4. The molecule has 3 aromatic heterocycles. The van der Waals surface area contributed by atoms with Crippen LogP contribution in [-0.2, 0) is 0 Å². The number of aromatic amines is 1. The zero-order valence-electron chi connectivity index (χ0n) is 10.1. The summed E-state index contributed by atoms with van der Waals surface area (Å²) in [5.41, 5.74) is 8.34. The minimum atomic E-state index is 0.361. The molecule has 0 atom stereocenters. The number of fused-ring (bicyclic) bond motifs is 1. The van der Waals surface area contributed by atoms with Crippen LogP contribution in [0.1, 0.15) is 0 Å². The number of rotatable bonds is 2. The van der Waals surface area contributed by atoms with Gasteiger partial charge in [0.05, 0.1) is 13.3 Å². The van der Waals surface area contributed by atoms with Crippen LogP contribution in [-0.4, -0.2) is 22.1 Å². The average Bonchev–Trinajstić information content (AvgIpc) is 2.80. The number of halogens is 1. The molecule has 0 aromatic carbocycles. The third-order valence-corrected chi connectivity index (χ3v) is 3.06. The van der Waals surface area contributed by atoms with E-state index in [1.165, 1.54) is 0 Å². The molecule has 3 rings (SSSR count). The number of hydrogen-bond acceptors (Lipinski definition) is 4. The van der Waals surface area contributed by atoms with E-state index in [1.807, 2.05) is 12.3 Å². The molecule has 3 N–H and O–H groups in total. The Morgan fingerprint density at radius 3 is 2.89 bits per heavy atom. The lowest BCUT2D eigenvalue weighted by molar-refractivity contribution is 0.414. The Labute approximate surface area is 114 Å². The fraction of sp³-hybridized carbons (Fsp3) is 0.0769. The monoisotopic (exact) mass is 274 g/mol. The number of nitrogens with zero attached hydrogens (tertiary/aromatic N) is 2. The maximum absolute atomic E-state index is 5.94. The third kappa shape index (κ3) is 2.08. The Bertz CT molecular complexity index is 733. The van der Waals surface area contributed by atoms with Gasteiger partial charge in [0.2, 0.25) is 0 Å². The number of nitrogens with one attached hydrogen (secondary N) is 1. The predicted octanol–water partition coefficient (Wildman–Crippen LogP) is 2.87. The molecule has 6 heteroatoms.